The maximum absolute atomic E-state index is 12.7. The van der Waals surface area contributed by atoms with Crippen LogP contribution in [0.2, 0.25) is 0 Å². The summed E-state index contributed by atoms with van der Waals surface area (Å²) in [6.07, 6.45) is 5.77. The summed E-state index contributed by atoms with van der Waals surface area (Å²) in [4.78, 5) is 33.0. The molecule has 0 bridgehead atoms. The Kier molecular flexibility index (Phi) is 3.85. The van der Waals surface area contributed by atoms with E-state index in [9.17, 15) is 4.79 Å². The van der Waals surface area contributed by atoms with Crippen molar-refractivity contribution in [3.8, 4) is 0 Å². The number of hydrogen-bond acceptors (Lipinski definition) is 7. The normalized spacial score (nSPS) is 19.3. The number of piperidine rings is 1. The number of likely N-dealkylation sites (tertiary alicyclic amines) is 1. The number of nitrogens with one attached hydrogen (secondary N) is 1. The van der Waals surface area contributed by atoms with Gasteiger partial charge in [-0.25, -0.2) is 15.0 Å². The minimum Gasteiger partial charge on any atom is -0.361 e. The summed E-state index contributed by atoms with van der Waals surface area (Å²) in [5, 5.41) is 4.01. The van der Waals surface area contributed by atoms with E-state index in [1.165, 1.54) is 0 Å². The summed E-state index contributed by atoms with van der Waals surface area (Å²) in [5.41, 5.74) is 3.51. The molecule has 3 aromatic rings. The number of nitrogens with zero attached hydrogens (tertiary/aromatic N) is 6. The number of rotatable bonds is 3. The lowest BCUT2D eigenvalue weighted by molar-refractivity contribution is -0.128. The minimum atomic E-state index is 0.0483. The van der Waals surface area contributed by atoms with Gasteiger partial charge in [0.25, 0.3) is 0 Å². The molecule has 5 heterocycles. The van der Waals surface area contributed by atoms with Crippen molar-refractivity contribution in [2.24, 2.45) is 5.41 Å². The molecule has 0 aromatic carbocycles. The first-order valence-electron chi connectivity index (χ1n) is 9.63. The molecule has 9 heteroatoms. The lowest BCUT2D eigenvalue weighted by Crippen LogP contribution is -2.42. The molecule has 2 aliphatic heterocycles. The Hall–Kier alpha value is -2.97. The topological polar surface area (TPSA) is 104 Å². The first-order chi connectivity index (χ1) is 13.5. The lowest BCUT2D eigenvalue weighted by atomic mass is 9.77. The molecule has 0 atom stereocenters. The van der Waals surface area contributed by atoms with Gasteiger partial charge in [0.2, 0.25) is 5.91 Å². The Morgan fingerprint density at radius 1 is 1.21 bits per heavy atom. The Bertz CT molecular complexity index is 1010. The van der Waals surface area contributed by atoms with Gasteiger partial charge in [-0.15, -0.1) is 0 Å². The highest BCUT2D eigenvalue weighted by molar-refractivity contribution is 5.83. The molecule has 2 fully saturated rings. The third kappa shape index (κ3) is 2.73. The second-order valence-corrected chi connectivity index (χ2v) is 8.01. The van der Waals surface area contributed by atoms with E-state index in [1.807, 2.05) is 18.7 Å². The number of anilines is 1. The van der Waals surface area contributed by atoms with Gasteiger partial charge < -0.3 is 19.3 Å². The summed E-state index contributed by atoms with van der Waals surface area (Å²) >= 11 is 0. The van der Waals surface area contributed by atoms with Crippen LogP contribution in [-0.4, -0.2) is 55.5 Å². The van der Waals surface area contributed by atoms with E-state index in [-0.39, 0.29) is 11.3 Å². The van der Waals surface area contributed by atoms with E-state index in [4.69, 9.17) is 4.52 Å². The average Bonchev–Trinajstić information content (AvgIpc) is 3.37. The molecule has 0 radical (unpaired) electrons. The van der Waals surface area contributed by atoms with Crippen molar-refractivity contribution < 1.29 is 9.32 Å². The third-order valence-electron chi connectivity index (χ3n) is 6.26. The maximum atomic E-state index is 12.7. The number of carbonyl (C=O) groups is 1. The van der Waals surface area contributed by atoms with Gasteiger partial charge in [-0.1, -0.05) is 5.16 Å². The Morgan fingerprint density at radius 2 is 2.04 bits per heavy atom. The Morgan fingerprint density at radius 3 is 2.79 bits per heavy atom. The van der Waals surface area contributed by atoms with Gasteiger partial charge in [-0.2, -0.15) is 0 Å². The average molecular weight is 381 g/mol. The van der Waals surface area contributed by atoms with Crippen molar-refractivity contribution in [3.05, 3.63) is 29.7 Å². The quantitative estimate of drug-likeness (QED) is 0.740. The van der Waals surface area contributed by atoms with Gasteiger partial charge in [-0.05, 0) is 26.7 Å². The van der Waals surface area contributed by atoms with Gasteiger partial charge >= 0.3 is 0 Å². The van der Waals surface area contributed by atoms with E-state index < -0.39 is 0 Å². The number of H-pyrrole nitrogens is 1. The molecular weight excluding hydrogens is 358 g/mol. The number of fused-ring (bicyclic) bond motifs is 1. The molecule has 3 aromatic heterocycles. The van der Waals surface area contributed by atoms with Gasteiger partial charge in [0.1, 0.15) is 17.6 Å². The number of imidazole rings is 1. The Labute approximate surface area is 162 Å². The van der Waals surface area contributed by atoms with E-state index in [0.29, 0.717) is 18.6 Å². The van der Waals surface area contributed by atoms with Crippen LogP contribution in [0, 0.1) is 19.3 Å². The molecule has 1 spiro atoms. The molecule has 2 aliphatic rings. The monoisotopic (exact) mass is 381 g/mol. The smallest absolute Gasteiger partial charge is 0.223 e. The second-order valence-electron chi connectivity index (χ2n) is 8.01. The van der Waals surface area contributed by atoms with Crippen LogP contribution in [0.1, 0.15) is 36.3 Å². The molecule has 28 heavy (non-hydrogen) atoms. The first-order valence-corrected chi connectivity index (χ1v) is 9.63. The van der Waals surface area contributed by atoms with Crippen molar-refractivity contribution in [3.63, 3.8) is 0 Å². The molecule has 2 saturated heterocycles. The second kappa shape index (κ2) is 6.29. The summed E-state index contributed by atoms with van der Waals surface area (Å²) < 4.78 is 5.25. The number of amides is 1. The highest BCUT2D eigenvalue weighted by Gasteiger charge is 2.45. The van der Waals surface area contributed by atoms with Crippen LogP contribution in [0.25, 0.3) is 11.2 Å². The molecule has 9 nitrogen and oxygen atoms in total. The van der Waals surface area contributed by atoms with Crippen molar-refractivity contribution in [1.29, 1.82) is 0 Å². The van der Waals surface area contributed by atoms with Crippen molar-refractivity contribution >= 4 is 22.9 Å². The minimum absolute atomic E-state index is 0.0483. The molecule has 146 valence electrons. The van der Waals surface area contributed by atoms with Crippen LogP contribution in [0.15, 0.2) is 17.2 Å². The fourth-order valence-electron chi connectivity index (χ4n) is 4.56. The van der Waals surface area contributed by atoms with Crippen LogP contribution >= 0.6 is 0 Å². The SMILES string of the molecule is Cc1noc(C)c1CN1CC2(CCN(c3ncnc4nc[nH]c34)CC2)CC1=O. The molecule has 0 aliphatic carbocycles. The van der Waals surface area contributed by atoms with Gasteiger partial charge in [0.15, 0.2) is 11.5 Å². The highest BCUT2D eigenvalue weighted by atomic mass is 16.5. The first kappa shape index (κ1) is 17.2. The fraction of sp³-hybridized carbons (Fsp3) is 0.526. The van der Waals surface area contributed by atoms with Crippen molar-refractivity contribution in [1.82, 2.24) is 30.0 Å². The summed E-state index contributed by atoms with van der Waals surface area (Å²) in [6, 6.07) is 0. The van der Waals surface area contributed by atoms with Crippen molar-refractivity contribution in [2.75, 3.05) is 24.5 Å². The standard InChI is InChI=1S/C19H23N7O2/c1-12-14(13(2)28-24-12)8-26-9-19(7-15(26)27)3-5-25(6-4-19)18-16-17(21-10-20-16)22-11-23-18/h10-11H,3-9H2,1-2H3,(H,20,21,22,23). The fourth-order valence-corrected chi connectivity index (χ4v) is 4.56. The molecule has 0 saturated carbocycles. The van der Waals surface area contributed by atoms with Crippen molar-refractivity contribution in [2.45, 2.75) is 39.7 Å². The molecule has 5 rings (SSSR count). The van der Waals surface area contributed by atoms with Crippen LogP contribution < -0.4 is 4.90 Å². The van der Waals surface area contributed by atoms with Gasteiger partial charge in [0.05, 0.1) is 18.6 Å². The number of aromatic amines is 1. The lowest BCUT2D eigenvalue weighted by Gasteiger charge is -2.39. The van der Waals surface area contributed by atoms with Gasteiger partial charge in [0, 0.05) is 37.0 Å². The zero-order valence-corrected chi connectivity index (χ0v) is 16.1. The number of aromatic nitrogens is 5. The summed E-state index contributed by atoms with van der Waals surface area (Å²) in [7, 11) is 0. The zero-order valence-electron chi connectivity index (χ0n) is 16.1. The summed E-state index contributed by atoms with van der Waals surface area (Å²) in [6.45, 7) is 6.97. The largest absolute Gasteiger partial charge is 0.361 e. The molecule has 1 N–H and O–H groups in total. The van der Waals surface area contributed by atoms with Gasteiger partial charge in [-0.3, -0.25) is 4.79 Å². The highest BCUT2D eigenvalue weighted by Crippen LogP contribution is 2.42. The predicted octanol–water partition coefficient (Wildman–Crippen LogP) is 1.98. The van der Waals surface area contributed by atoms with Crippen LogP contribution in [-0.2, 0) is 11.3 Å². The van der Waals surface area contributed by atoms with E-state index in [2.05, 4.69) is 30.0 Å². The number of aryl methyl sites for hydroxylation is 2. The molecule has 0 unspecified atom stereocenters. The molecular formula is C19H23N7O2. The maximum Gasteiger partial charge on any atom is 0.223 e. The summed E-state index contributed by atoms with van der Waals surface area (Å²) in [5.74, 6) is 1.93. The van der Waals surface area contributed by atoms with E-state index in [1.54, 1.807) is 12.7 Å². The predicted molar refractivity (Wildman–Crippen MR) is 102 cm³/mol. The number of hydrogen-bond donors (Lipinski definition) is 1. The third-order valence-corrected chi connectivity index (χ3v) is 6.26. The van der Waals surface area contributed by atoms with Crippen LogP contribution in [0.4, 0.5) is 5.82 Å². The van der Waals surface area contributed by atoms with Crippen LogP contribution in [0.5, 0.6) is 0 Å². The van der Waals surface area contributed by atoms with E-state index in [0.717, 1.165) is 60.8 Å². The Balaban J connectivity index is 1.30. The van der Waals surface area contributed by atoms with E-state index >= 15 is 0 Å². The molecule has 1 amide bonds. The zero-order chi connectivity index (χ0) is 19.3. The number of carbonyl (C=O) groups excluding carboxylic acids is 1. The van der Waals surface area contributed by atoms with Crippen LogP contribution in [0.3, 0.4) is 0 Å².